The van der Waals surface area contributed by atoms with Crippen LogP contribution in [0.2, 0.25) is 0 Å². The van der Waals surface area contributed by atoms with Gasteiger partial charge in [0.15, 0.2) is 34.5 Å². The van der Waals surface area contributed by atoms with E-state index in [9.17, 15) is 14.4 Å². The third kappa shape index (κ3) is 15.4. The fraction of sp³-hybridized carbons (Fsp3) is 0.455. The van der Waals surface area contributed by atoms with Crippen LogP contribution in [0.25, 0.3) is 0 Å². The Bertz CT molecular complexity index is 4800. The molecule has 9 aromatic rings. The topological polar surface area (TPSA) is 245 Å². The second kappa shape index (κ2) is 31.8. The molecule has 0 saturated carbocycles. The van der Waals surface area contributed by atoms with Crippen LogP contribution in [0.1, 0.15) is 96.8 Å². The number of likely N-dealkylation sites (N-methyl/N-ethyl adjacent to an activating group) is 3. The molecule has 0 aliphatic carbocycles. The first kappa shape index (κ1) is 75.1. The number of piperidine rings is 1. The van der Waals surface area contributed by atoms with Crippen LogP contribution in [0.4, 0.5) is 101 Å². The lowest BCUT2D eigenvalue weighted by Crippen LogP contribution is -2.52. The molecular formula is C77H99N25O3S3. The predicted molar refractivity (Wildman–Crippen MR) is 440 cm³/mol. The van der Waals surface area contributed by atoms with Gasteiger partial charge in [-0.1, -0.05) is 0 Å². The van der Waals surface area contributed by atoms with E-state index in [1.54, 1.807) is 33.3 Å². The number of rotatable bonds is 13. The molecule has 28 nitrogen and oxygen atoms in total. The van der Waals surface area contributed by atoms with Crippen molar-refractivity contribution in [3.8, 4) is 0 Å². The van der Waals surface area contributed by atoms with Crippen molar-refractivity contribution in [1.82, 2.24) is 64.5 Å². The molecule has 7 aliphatic rings. The first-order chi connectivity index (χ1) is 52.0. The standard InChI is InChI=1S/C29H39N9OS.2C24H30N8OS/c1-6-38-24-18-30-29(33-26(24)35(5)28-25(27(38)39)31-20(3)40-28)32-23-8-7-22(17-19(23)2)36-11-9-21(10-12-36)37-15-13-34(4)14-16-37;1-6-32-19-14-25-24(28-21(19)30(5)23-20(22(32)33)26-16(3)34-23)27-18-8-7-17(13-15(18)2)31-11-9-29(4)10-12-31;1-6-32-19-14-25-24(28-21(19)30(5)23-20(22(32)33)26-16(3)34-23)27-17-7-8-18(15(2)13-17)31-11-9-29(4)10-12-31/h7-8,17-18,21H,6,9-16H2,1-5H3,(H,30,32,33);2*7-8,13-14H,6,9-12H2,1-5H3,(H,25,27,28). The van der Waals surface area contributed by atoms with Gasteiger partial charge in [0.1, 0.15) is 32.1 Å². The highest BCUT2D eigenvalue weighted by molar-refractivity contribution is 7.17. The molecule has 7 aliphatic heterocycles. The Hall–Kier alpha value is -9.76. The zero-order valence-electron chi connectivity index (χ0n) is 64.7. The van der Waals surface area contributed by atoms with Crippen molar-refractivity contribution in [3.63, 3.8) is 0 Å². The number of aromatic nitrogens is 9. The maximum atomic E-state index is 13.2. The Morgan fingerprint density at radius 2 is 0.750 bits per heavy atom. The highest BCUT2D eigenvalue weighted by Crippen LogP contribution is 2.46. The summed E-state index contributed by atoms with van der Waals surface area (Å²) in [5.41, 5.74) is 13.6. The van der Waals surface area contributed by atoms with E-state index in [4.69, 9.17) is 15.0 Å². The van der Waals surface area contributed by atoms with Gasteiger partial charge in [0.05, 0.1) is 33.6 Å². The van der Waals surface area contributed by atoms with Crippen LogP contribution in [0, 0.1) is 41.5 Å². The van der Waals surface area contributed by atoms with Gasteiger partial charge in [-0.3, -0.25) is 19.3 Å². The van der Waals surface area contributed by atoms with Gasteiger partial charge in [-0.2, -0.15) is 15.0 Å². The second-order valence-electron chi connectivity index (χ2n) is 28.7. The molecule has 0 spiro atoms. The molecule has 0 bridgehead atoms. The van der Waals surface area contributed by atoms with Crippen molar-refractivity contribution in [2.24, 2.45) is 0 Å². The normalized spacial score (nSPS) is 17.4. The van der Waals surface area contributed by atoms with Gasteiger partial charge in [0.25, 0.3) is 17.7 Å². The number of hydrogen-bond acceptors (Lipinski definition) is 28. The van der Waals surface area contributed by atoms with Crippen LogP contribution >= 0.6 is 34.0 Å². The predicted octanol–water partition coefficient (Wildman–Crippen LogP) is 11.8. The van der Waals surface area contributed by atoms with Crippen LogP contribution < -0.4 is 60.0 Å². The molecule has 0 unspecified atom stereocenters. The molecule has 0 radical (unpaired) electrons. The number of nitrogens with zero attached hydrogens (tertiary/aromatic N) is 22. The van der Waals surface area contributed by atoms with Gasteiger partial charge in [-0.25, -0.2) is 29.9 Å². The minimum absolute atomic E-state index is 0.115. The molecule has 3 aromatic carbocycles. The average molecular weight is 1520 g/mol. The summed E-state index contributed by atoms with van der Waals surface area (Å²) >= 11 is 4.50. The Morgan fingerprint density at radius 3 is 1.12 bits per heavy atom. The smallest absolute Gasteiger partial charge is 0.280 e. The van der Waals surface area contributed by atoms with Crippen molar-refractivity contribution in [1.29, 1.82) is 0 Å². The van der Waals surface area contributed by atoms with E-state index in [1.807, 2.05) is 77.4 Å². The van der Waals surface area contributed by atoms with E-state index in [0.717, 1.165) is 124 Å². The van der Waals surface area contributed by atoms with Crippen molar-refractivity contribution in [2.75, 3.05) is 214 Å². The average Bonchev–Trinajstić information content (AvgIpc) is 1.59. The molecule has 0 atom stereocenters. The maximum Gasteiger partial charge on any atom is 0.280 e. The van der Waals surface area contributed by atoms with E-state index >= 15 is 0 Å². The number of piperazine rings is 3. The van der Waals surface area contributed by atoms with Crippen molar-refractivity contribution < 1.29 is 14.4 Å². The first-order valence-corrected chi connectivity index (χ1v) is 39.9. The summed E-state index contributed by atoms with van der Waals surface area (Å²) < 4.78 is 0. The quantitative estimate of drug-likeness (QED) is 0.0971. The lowest BCUT2D eigenvalue weighted by molar-refractivity contribution is 0.0977. The van der Waals surface area contributed by atoms with E-state index in [0.29, 0.717) is 95.1 Å². The van der Waals surface area contributed by atoms with E-state index in [-0.39, 0.29) is 17.7 Å². The highest BCUT2D eigenvalue weighted by Gasteiger charge is 2.38. The number of hydrogen-bond donors (Lipinski definition) is 3. The summed E-state index contributed by atoms with van der Waals surface area (Å²) in [7, 11) is 12.3. The van der Waals surface area contributed by atoms with Gasteiger partial charge in [-0.05, 0) is 168 Å². The number of nitrogens with one attached hydrogen (secondary N) is 3. The molecule has 16 rings (SSSR count). The molecule has 6 aromatic heterocycles. The molecule has 568 valence electrons. The van der Waals surface area contributed by atoms with Crippen LogP contribution in [0.3, 0.4) is 0 Å². The number of benzene rings is 3. The summed E-state index contributed by atoms with van der Waals surface area (Å²) in [6.07, 6.45) is 7.62. The number of fused-ring (bicyclic) bond motifs is 6. The second-order valence-corrected chi connectivity index (χ2v) is 32.3. The lowest BCUT2D eigenvalue weighted by atomic mass is 10.0. The molecular weight excluding hydrogens is 1420 g/mol. The summed E-state index contributed by atoms with van der Waals surface area (Å²) in [4.78, 5) is 109. The zero-order valence-corrected chi connectivity index (χ0v) is 67.2. The summed E-state index contributed by atoms with van der Waals surface area (Å²) in [5, 5.41) is 15.1. The van der Waals surface area contributed by atoms with Gasteiger partial charge in [0.2, 0.25) is 17.8 Å². The monoisotopic (exact) mass is 1520 g/mol. The van der Waals surface area contributed by atoms with Crippen LogP contribution in [0.5, 0.6) is 0 Å². The van der Waals surface area contributed by atoms with Crippen molar-refractivity contribution in [2.45, 2.75) is 81.2 Å². The van der Waals surface area contributed by atoms with Crippen LogP contribution in [-0.4, -0.2) is 242 Å². The number of thiazole rings is 3. The molecule has 31 heteroatoms. The minimum Gasteiger partial charge on any atom is -0.371 e. The SMILES string of the molecule is CCN1C(=O)c2nc(C)sc2N(C)c2nc(Nc3ccc(N4CCC(N5CCN(C)CC5)CC4)cc3C)ncc21.CCN1C(=O)c2nc(C)sc2N(C)c2nc(Nc3ccc(N4CCN(C)CC4)c(C)c3)ncc21.CCN1C(=O)c2nc(C)sc2N(C)c2nc(Nc3ccc(N4CCN(C)CC4)cc3C)ncc21. The number of anilines is 18. The van der Waals surface area contributed by atoms with E-state index in [1.165, 1.54) is 95.7 Å². The van der Waals surface area contributed by atoms with E-state index in [2.05, 4.69) is 177 Å². The molecule has 108 heavy (non-hydrogen) atoms. The summed E-state index contributed by atoms with van der Waals surface area (Å²) in [6, 6.07) is 20.1. The van der Waals surface area contributed by atoms with Gasteiger partial charge >= 0.3 is 0 Å². The summed E-state index contributed by atoms with van der Waals surface area (Å²) in [5.74, 6) is 3.19. The lowest BCUT2D eigenvalue weighted by Gasteiger charge is -2.42. The Kier molecular flexibility index (Phi) is 22.1. The molecule has 4 saturated heterocycles. The molecule has 3 amide bonds. The number of amides is 3. The fourth-order valence-electron chi connectivity index (χ4n) is 15.1. The summed E-state index contributed by atoms with van der Waals surface area (Å²) in [6.45, 7) is 34.9. The zero-order chi connectivity index (χ0) is 75.9. The van der Waals surface area contributed by atoms with Crippen LogP contribution in [0.15, 0.2) is 73.2 Å². The maximum absolute atomic E-state index is 13.2. The number of aryl methyl sites for hydroxylation is 6. The highest BCUT2D eigenvalue weighted by atomic mass is 32.1. The van der Waals surface area contributed by atoms with Crippen LogP contribution in [-0.2, 0) is 0 Å². The Morgan fingerprint density at radius 1 is 0.389 bits per heavy atom. The van der Waals surface area contributed by atoms with Gasteiger partial charge < -0.3 is 74.7 Å². The fourth-order valence-corrected chi connectivity index (χ4v) is 17.7. The minimum atomic E-state index is -0.119. The Balaban J connectivity index is 0.000000136. The third-order valence-corrected chi connectivity index (χ3v) is 24.5. The molecule has 3 N–H and O–H groups in total. The third-order valence-electron chi connectivity index (χ3n) is 21.4. The van der Waals surface area contributed by atoms with Crippen molar-refractivity contribution >= 4 is 153 Å². The Labute approximate surface area is 645 Å². The van der Waals surface area contributed by atoms with Crippen molar-refractivity contribution in [3.05, 3.63) is 122 Å². The largest absolute Gasteiger partial charge is 0.371 e. The number of carbonyl (C=O) groups excluding carboxylic acids is 3. The molecule has 4 fully saturated rings. The number of carbonyl (C=O) groups is 3. The first-order valence-electron chi connectivity index (χ1n) is 37.4. The molecule has 13 heterocycles. The van der Waals surface area contributed by atoms with Gasteiger partial charge in [0, 0.05) is 173 Å². The van der Waals surface area contributed by atoms with E-state index < -0.39 is 0 Å². The van der Waals surface area contributed by atoms with Gasteiger partial charge in [-0.15, -0.1) is 34.0 Å².